The first-order valence-electron chi connectivity index (χ1n) is 4.44. The van der Waals surface area contributed by atoms with E-state index in [9.17, 15) is 4.79 Å². The van der Waals surface area contributed by atoms with Crippen LogP contribution in [0.1, 0.15) is 34.5 Å². The highest BCUT2D eigenvalue weighted by Gasteiger charge is 2.28. The Labute approximate surface area is 76.7 Å². The summed E-state index contributed by atoms with van der Waals surface area (Å²) in [5.74, 6) is 0.398. The van der Waals surface area contributed by atoms with Crippen molar-refractivity contribution in [2.45, 2.75) is 32.8 Å². The quantitative estimate of drug-likeness (QED) is 0.655. The molecule has 0 aliphatic heterocycles. The Hall–Kier alpha value is -1.25. The van der Waals surface area contributed by atoms with Crippen LogP contribution in [0.3, 0.4) is 0 Å². The van der Waals surface area contributed by atoms with Crippen molar-refractivity contribution in [1.82, 2.24) is 0 Å². The van der Waals surface area contributed by atoms with Crippen LogP contribution in [0.25, 0.3) is 0 Å². The van der Waals surface area contributed by atoms with Crippen molar-refractivity contribution in [2.24, 2.45) is 0 Å². The maximum atomic E-state index is 11.5. The number of ether oxygens (including phenoxy) is 1. The van der Waals surface area contributed by atoms with Gasteiger partial charge in [-0.15, -0.1) is 0 Å². The number of carbonyl (C=O) groups is 1. The minimum atomic E-state index is -0.244. The molecule has 13 heavy (non-hydrogen) atoms. The van der Waals surface area contributed by atoms with E-state index in [0.29, 0.717) is 11.3 Å². The van der Waals surface area contributed by atoms with E-state index in [-0.39, 0.29) is 12.1 Å². The second kappa shape index (κ2) is 2.91. The monoisotopic (exact) mass is 180 g/mol. The molecule has 1 saturated carbocycles. The van der Waals surface area contributed by atoms with Gasteiger partial charge in [0.05, 0.1) is 6.26 Å². The largest absolute Gasteiger partial charge is 0.468 e. The van der Waals surface area contributed by atoms with Crippen LogP contribution in [0.2, 0.25) is 0 Å². The van der Waals surface area contributed by atoms with E-state index in [1.165, 1.54) is 0 Å². The van der Waals surface area contributed by atoms with Gasteiger partial charge in [0.25, 0.3) is 0 Å². The van der Waals surface area contributed by atoms with Gasteiger partial charge in [-0.3, -0.25) is 0 Å². The Morgan fingerprint density at radius 3 is 2.69 bits per heavy atom. The van der Waals surface area contributed by atoms with Crippen LogP contribution in [-0.4, -0.2) is 12.1 Å². The van der Waals surface area contributed by atoms with Gasteiger partial charge < -0.3 is 9.15 Å². The molecule has 1 aromatic rings. The van der Waals surface area contributed by atoms with E-state index in [1.54, 1.807) is 13.2 Å². The number of esters is 1. The third-order valence-corrected chi connectivity index (χ3v) is 2.16. The Bertz CT molecular complexity index is 314. The van der Waals surface area contributed by atoms with Crippen molar-refractivity contribution >= 4 is 5.97 Å². The summed E-state index contributed by atoms with van der Waals surface area (Å²) in [7, 11) is 0. The summed E-state index contributed by atoms with van der Waals surface area (Å²) in [6.07, 6.45) is 3.74. The van der Waals surface area contributed by atoms with E-state index < -0.39 is 0 Å². The maximum Gasteiger partial charge on any atom is 0.342 e. The standard InChI is InChI=1S/C10H12O3/c1-6-5-12-7(2)9(6)10(11)13-8-3-4-8/h5,8H,3-4H2,1-2H3. The molecule has 1 fully saturated rings. The number of aryl methyl sites for hydroxylation is 2. The fourth-order valence-electron chi connectivity index (χ4n) is 1.27. The third-order valence-electron chi connectivity index (χ3n) is 2.16. The Morgan fingerprint density at radius 1 is 1.54 bits per heavy atom. The highest BCUT2D eigenvalue weighted by atomic mass is 16.5. The molecule has 0 saturated heterocycles. The zero-order valence-electron chi connectivity index (χ0n) is 7.79. The molecule has 1 aliphatic carbocycles. The Morgan fingerprint density at radius 2 is 2.23 bits per heavy atom. The molecule has 0 bridgehead atoms. The number of hydrogen-bond donors (Lipinski definition) is 0. The SMILES string of the molecule is Cc1coc(C)c1C(=O)OC1CC1. The van der Waals surface area contributed by atoms with Crippen molar-refractivity contribution in [2.75, 3.05) is 0 Å². The van der Waals surface area contributed by atoms with Crippen LogP contribution in [0.4, 0.5) is 0 Å². The van der Waals surface area contributed by atoms with Crippen LogP contribution >= 0.6 is 0 Å². The summed E-state index contributed by atoms with van der Waals surface area (Å²) < 4.78 is 10.3. The molecule has 1 aromatic heterocycles. The minimum absolute atomic E-state index is 0.154. The predicted octanol–water partition coefficient (Wildman–Crippen LogP) is 2.22. The van der Waals surface area contributed by atoms with E-state index >= 15 is 0 Å². The number of carbonyl (C=O) groups excluding carboxylic acids is 1. The lowest BCUT2D eigenvalue weighted by Crippen LogP contribution is -2.08. The number of rotatable bonds is 2. The smallest absolute Gasteiger partial charge is 0.342 e. The van der Waals surface area contributed by atoms with Crippen molar-refractivity contribution in [3.63, 3.8) is 0 Å². The summed E-state index contributed by atoms with van der Waals surface area (Å²) in [6.45, 7) is 3.62. The second-order valence-corrected chi connectivity index (χ2v) is 3.45. The van der Waals surface area contributed by atoms with Gasteiger partial charge in [0.2, 0.25) is 0 Å². The summed E-state index contributed by atoms with van der Waals surface area (Å²) in [6, 6.07) is 0. The van der Waals surface area contributed by atoms with Crippen molar-refractivity contribution in [3.8, 4) is 0 Å². The normalized spacial score (nSPS) is 15.8. The molecule has 3 heteroatoms. The molecule has 0 spiro atoms. The average molecular weight is 180 g/mol. The third kappa shape index (κ3) is 1.59. The van der Waals surface area contributed by atoms with Crippen LogP contribution in [0.5, 0.6) is 0 Å². The van der Waals surface area contributed by atoms with Gasteiger partial charge in [-0.05, 0) is 26.7 Å². The lowest BCUT2D eigenvalue weighted by Gasteiger charge is -2.01. The Kier molecular flexibility index (Phi) is 1.87. The van der Waals surface area contributed by atoms with E-state index in [1.807, 2.05) is 6.92 Å². The molecule has 70 valence electrons. The molecule has 1 heterocycles. The molecular formula is C10H12O3. The van der Waals surface area contributed by atoms with Gasteiger partial charge in [0.1, 0.15) is 17.4 Å². The average Bonchev–Trinajstić information content (AvgIpc) is 2.79. The predicted molar refractivity (Wildman–Crippen MR) is 46.6 cm³/mol. The first-order chi connectivity index (χ1) is 6.18. The fourth-order valence-corrected chi connectivity index (χ4v) is 1.27. The van der Waals surface area contributed by atoms with Crippen molar-refractivity contribution in [3.05, 3.63) is 23.2 Å². The molecule has 0 atom stereocenters. The van der Waals surface area contributed by atoms with Gasteiger partial charge in [-0.1, -0.05) is 0 Å². The van der Waals surface area contributed by atoms with Crippen molar-refractivity contribution < 1.29 is 13.9 Å². The van der Waals surface area contributed by atoms with Crippen molar-refractivity contribution in [1.29, 1.82) is 0 Å². The van der Waals surface area contributed by atoms with Gasteiger partial charge >= 0.3 is 5.97 Å². The first kappa shape index (κ1) is 8.35. The van der Waals surface area contributed by atoms with Crippen LogP contribution in [-0.2, 0) is 4.74 Å². The molecule has 0 amide bonds. The van der Waals surface area contributed by atoms with Crippen LogP contribution in [0.15, 0.2) is 10.7 Å². The van der Waals surface area contributed by atoms with Gasteiger partial charge in [-0.25, -0.2) is 4.79 Å². The first-order valence-corrected chi connectivity index (χ1v) is 4.44. The highest BCUT2D eigenvalue weighted by molar-refractivity contribution is 5.92. The summed E-state index contributed by atoms with van der Waals surface area (Å²) in [5.41, 5.74) is 1.44. The molecule has 0 radical (unpaired) electrons. The van der Waals surface area contributed by atoms with Crippen LogP contribution in [0, 0.1) is 13.8 Å². The molecule has 0 unspecified atom stereocenters. The molecule has 0 N–H and O–H groups in total. The number of furan rings is 1. The lowest BCUT2D eigenvalue weighted by molar-refractivity contribution is 0.0469. The number of hydrogen-bond acceptors (Lipinski definition) is 3. The fraction of sp³-hybridized carbons (Fsp3) is 0.500. The molecular weight excluding hydrogens is 168 g/mol. The summed E-state index contributed by atoms with van der Waals surface area (Å²) >= 11 is 0. The summed E-state index contributed by atoms with van der Waals surface area (Å²) in [4.78, 5) is 11.5. The Balaban J connectivity index is 2.17. The van der Waals surface area contributed by atoms with Gasteiger partial charge in [-0.2, -0.15) is 0 Å². The van der Waals surface area contributed by atoms with E-state index in [4.69, 9.17) is 9.15 Å². The molecule has 2 rings (SSSR count). The van der Waals surface area contributed by atoms with Crippen LogP contribution < -0.4 is 0 Å². The highest BCUT2D eigenvalue weighted by Crippen LogP contribution is 2.26. The maximum absolute atomic E-state index is 11.5. The van der Waals surface area contributed by atoms with E-state index in [2.05, 4.69) is 0 Å². The summed E-state index contributed by atoms with van der Waals surface area (Å²) in [5, 5.41) is 0. The second-order valence-electron chi connectivity index (χ2n) is 3.45. The zero-order chi connectivity index (χ0) is 9.42. The lowest BCUT2D eigenvalue weighted by atomic mass is 10.2. The molecule has 1 aliphatic rings. The molecule has 3 nitrogen and oxygen atoms in total. The van der Waals surface area contributed by atoms with Gasteiger partial charge in [0, 0.05) is 5.56 Å². The molecule has 0 aromatic carbocycles. The zero-order valence-corrected chi connectivity index (χ0v) is 7.79. The van der Waals surface area contributed by atoms with E-state index in [0.717, 1.165) is 18.4 Å². The van der Waals surface area contributed by atoms with Gasteiger partial charge in [0.15, 0.2) is 0 Å². The topological polar surface area (TPSA) is 39.4 Å². The minimum Gasteiger partial charge on any atom is -0.468 e.